The van der Waals surface area contributed by atoms with Crippen molar-refractivity contribution in [1.29, 1.82) is 0 Å². The Morgan fingerprint density at radius 1 is 0.395 bits per heavy atom. The minimum absolute atomic E-state index is 0. The molecule has 3 N–H and O–H groups in total. The number of hydrogen-bond acceptors (Lipinski definition) is 6. The van der Waals surface area contributed by atoms with Crippen molar-refractivity contribution in [2.24, 2.45) is 15.0 Å². The van der Waals surface area contributed by atoms with Crippen LogP contribution in [0.15, 0.2) is 161 Å². The van der Waals surface area contributed by atoms with Gasteiger partial charge >= 0.3 is 17.1 Å². The second-order valence-electron chi connectivity index (χ2n) is 15.3. The summed E-state index contributed by atoms with van der Waals surface area (Å²) < 4.78 is 174. The molecule has 9 nitrogen and oxygen atoms in total. The number of nitrogens with one attached hydrogen (secondary N) is 3. The van der Waals surface area contributed by atoms with E-state index in [1.54, 1.807) is 36.4 Å². The van der Waals surface area contributed by atoms with E-state index in [4.69, 9.17) is 0 Å². The maximum Gasteiger partial charge on any atom is 3.00 e. The van der Waals surface area contributed by atoms with Gasteiger partial charge in [0, 0.05) is 38.3 Å². The molecule has 0 saturated carbocycles. The molecule has 76 heavy (non-hydrogen) atoms. The first-order valence-corrected chi connectivity index (χ1v) is 21.9. The standard InChI is InChI=1S/3C18H12F4N3.Fe/c3*1-2-7-25-18-16(21)14(19)13(15(20)17(18)22)12(10-5-3-8-23-10)11-6-4-9-24-11;/h3*2-6,8-9,25H,1,7H2;/q3*-1;+3/b3*12-10+;. The van der Waals surface area contributed by atoms with Crippen LogP contribution in [0.25, 0.3) is 16.7 Å². The molecule has 0 fully saturated rings. The van der Waals surface area contributed by atoms with Crippen molar-refractivity contribution in [1.82, 2.24) is 15.0 Å². The monoisotopic (exact) mass is 1090 g/mol. The molecule has 6 aromatic rings. The number of allylic oxidation sites excluding steroid dienone is 6. The molecule has 9 rings (SSSR count). The summed E-state index contributed by atoms with van der Waals surface area (Å²) in [6, 6.07) is 9.05. The van der Waals surface area contributed by atoms with Crippen molar-refractivity contribution in [2.45, 2.75) is 0 Å². The molecule has 0 spiro atoms. The summed E-state index contributed by atoms with van der Waals surface area (Å²) in [5.74, 6) is -18.3. The predicted octanol–water partition coefficient (Wildman–Crippen LogP) is 12.6. The summed E-state index contributed by atoms with van der Waals surface area (Å²) in [7, 11) is 0. The summed E-state index contributed by atoms with van der Waals surface area (Å²) in [6.07, 6.45) is 21.4. The fraction of sp³-hybridized carbons (Fsp3) is 0.0556. The van der Waals surface area contributed by atoms with Crippen LogP contribution in [0, 0.1) is 69.8 Å². The summed E-state index contributed by atoms with van der Waals surface area (Å²) >= 11 is 0. The molecule has 3 aromatic carbocycles. The van der Waals surface area contributed by atoms with Crippen LogP contribution in [0.1, 0.15) is 33.8 Å². The zero-order valence-corrected chi connectivity index (χ0v) is 40.0. The number of nitrogens with zero attached hydrogens (tertiary/aromatic N) is 6. The van der Waals surface area contributed by atoms with E-state index in [1.807, 2.05) is 0 Å². The second-order valence-corrected chi connectivity index (χ2v) is 15.3. The first-order valence-electron chi connectivity index (χ1n) is 21.9. The van der Waals surface area contributed by atoms with Gasteiger partial charge in [-0.15, -0.1) is 36.8 Å². The molecule has 0 amide bonds. The average molecular weight is 1090 g/mol. The first-order chi connectivity index (χ1) is 36.2. The zero-order valence-electron chi connectivity index (χ0n) is 38.9. The molecule has 22 heteroatoms. The van der Waals surface area contributed by atoms with Crippen LogP contribution in [0.2, 0.25) is 0 Å². The number of anilines is 3. The quantitative estimate of drug-likeness (QED) is 0.0408. The molecule has 0 saturated heterocycles. The van der Waals surface area contributed by atoms with Crippen molar-refractivity contribution in [3.63, 3.8) is 0 Å². The van der Waals surface area contributed by atoms with E-state index in [0.717, 1.165) is 0 Å². The van der Waals surface area contributed by atoms with E-state index in [2.05, 4.69) is 65.6 Å². The Morgan fingerprint density at radius 3 is 0.803 bits per heavy atom. The van der Waals surface area contributed by atoms with Crippen molar-refractivity contribution >= 4 is 52.4 Å². The van der Waals surface area contributed by atoms with Crippen LogP contribution >= 0.6 is 0 Å². The van der Waals surface area contributed by atoms with Crippen LogP contribution in [0.3, 0.4) is 0 Å². The summed E-state index contributed by atoms with van der Waals surface area (Å²) in [5, 5.41) is 6.78. The smallest absolute Gasteiger partial charge is 0.664 e. The van der Waals surface area contributed by atoms with Gasteiger partial charge < -0.3 is 30.9 Å². The van der Waals surface area contributed by atoms with Gasteiger partial charge in [-0.3, -0.25) is 15.0 Å². The molecule has 0 bridgehead atoms. The van der Waals surface area contributed by atoms with Crippen molar-refractivity contribution in [2.75, 3.05) is 35.6 Å². The average Bonchev–Trinajstić information content (AvgIpc) is 4.27. The molecular formula is C54H36F12FeN9. The normalized spacial score (nSPS) is 14.7. The molecular weight excluding hydrogens is 1060 g/mol. The van der Waals surface area contributed by atoms with Crippen molar-refractivity contribution < 1.29 is 69.8 Å². The first kappa shape index (κ1) is 56.5. The molecule has 6 heterocycles. The molecule has 3 aromatic heterocycles. The summed E-state index contributed by atoms with van der Waals surface area (Å²) in [4.78, 5) is 23.9. The van der Waals surface area contributed by atoms with Gasteiger partial charge in [-0.2, -0.15) is 18.6 Å². The Kier molecular flexibility index (Phi) is 18.9. The topological polar surface area (TPSA) is 115 Å². The molecule has 3 aliphatic heterocycles. The van der Waals surface area contributed by atoms with Gasteiger partial charge in [0.1, 0.15) is 17.1 Å². The maximum atomic E-state index is 14.6. The van der Waals surface area contributed by atoms with E-state index in [9.17, 15) is 52.7 Å². The van der Waals surface area contributed by atoms with Crippen LogP contribution in [0.5, 0.6) is 0 Å². The second kappa shape index (κ2) is 25.5. The maximum absolute atomic E-state index is 14.6. The summed E-state index contributed by atoms with van der Waals surface area (Å²) in [6.45, 7) is 9.96. The Morgan fingerprint density at radius 2 is 0.632 bits per heavy atom. The molecule has 389 valence electrons. The third-order valence-electron chi connectivity index (χ3n) is 10.7. The number of aromatic nitrogens is 3. The fourth-order valence-corrected chi connectivity index (χ4v) is 7.39. The van der Waals surface area contributed by atoms with E-state index < -0.39 is 104 Å². The minimum Gasteiger partial charge on any atom is -0.664 e. The Bertz CT molecular complexity index is 2970. The largest absolute Gasteiger partial charge is 3.00 e. The number of rotatable bonds is 15. The van der Waals surface area contributed by atoms with Crippen LogP contribution in [-0.4, -0.2) is 38.3 Å². The number of aliphatic imine (C=N–C) groups is 3. The Hall–Kier alpha value is -8.75. The Balaban J connectivity index is 0.000000184. The van der Waals surface area contributed by atoms with E-state index >= 15 is 0 Å². The summed E-state index contributed by atoms with van der Waals surface area (Å²) in [5.41, 5.74) is -4.66. The third-order valence-corrected chi connectivity index (χ3v) is 10.7. The molecule has 1 radical (unpaired) electrons. The number of benzene rings is 3. The van der Waals surface area contributed by atoms with Gasteiger partial charge in [-0.25, -0.2) is 52.7 Å². The molecule has 3 aliphatic rings. The van der Waals surface area contributed by atoms with Crippen LogP contribution in [-0.2, 0) is 17.1 Å². The van der Waals surface area contributed by atoms with Gasteiger partial charge in [-0.05, 0) is 53.2 Å². The number of hydrogen-bond donors (Lipinski definition) is 3. The fourth-order valence-electron chi connectivity index (χ4n) is 7.39. The molecule has 0 unspecified atom stereocenters. The number of halogens is 12. The van der Waals surface area contributed by atoms with Gasteiger partial charge in [0.15, 0.2) is 69.8 Å². The van der Waals surface area contributed by atoms with E-state index in [1.165, 1.54) is 91.9 Å². The van der Waals surface area contributed by atoms with Gasteiger partial charge in [0.25, 0.3) is 0 Å². The SMILES string of the molecule is C=CCNc1c(F)c(F)c(/C(=C2\C=CC=N2)c2ccc[n-]2)c(F)c1F.C=CCNc1c(F)c(F)c(/C(=C2\C=CC=N2)c2ccc[n-]2)c(F)c1F.C=CCNc1c(F)c(F)c(/C(=C2\C=CC=N2)c2ccc[n-]2)c(F)c1F.[Fe+3]. The van der Waals surface area contributed by atoms with E-state index in [-0.39, 0.29) is 87.6 Å². The van der Waals surface area contributed by atoms with Crippen molar-refractivity contribution in [3.05, 3.63) is 250 Å². The van der Waals surface area contributed by atoms with Gasteiger partial charge in [-0.1, -0.05) is 54.6 Å². The predicted molar refractivity (Wildman–Crippen MR) is 265 cm³/mol. The molecule has 0 aliphatic carbocycles. The van der Waals surface area contributed by atoms with Crippen LogP contribution in [0.4, 0.5) is 69.7 Å². The Labute approximate surface area is 436 Å². The van der Waals surface area contributed by atoms with Gasteiger partial charge in [0.05, 0.1) is 33.8 Å². The van der Waals surface area contributed by atoms with E-state index in [0.29, 0.717) is 0 Å². The van der Waals surface area contributed by atoms with Crippen molar-refractivity contribution in [3.8, 4) is 0 Å². The van der Waals surface area contributed by atoms with Crippen LogP contribution < -0.4 is 30.9 Å². The van der Waals surface area contributed by atoms with Gasteiger partial charge in [0.2, 0.25) is 0 Å². The zero-order chi connectivity index (χ0) is 53.9. The molecule has 0 atom stereocenters. The third kappa shape index (κ3) is 11.5. The minimum atomic E-state index is -1.52.